The number of pyridine rings is 1. The number of ether oxygens (including phenoxy) is 2. The van der Waals surface area contributed by atoms with E-state index in [-0.39, 0.29) is 64.5 Å². The van der Waals surface area contributed by atoms with Gasteiger partial charge in [0, 0.05) is 29.2 Å². The summed E-state index contributed by atoms with van der Waals surface area (Å²) in [5, 5.41) is 3.44. The van der Waals surface area contributed by atoms with Gasteiger partial charge in [-0.25, -0.2) is 18.4 Å². The molecule has 0 spiro atoms. The van der Waals surface area contributed by atoms with Crippen molar-refractivity contribution in [3.63, 3.8) is 0 Å². The Hall–Kier alpha value is -3.71. The van der Waals surface area contributed by atoms with Crippen molar-refractivity contribution in [3.05, 3.63) is 46.4 Å². The molecule has 5 atom stereocenters. The Morgan fingerprint density at radius 1 is 1.15 bits per heavy atom. The van der Waals surface area contributed by atoms with Crippen LogP contribution in [0.5, 0.6) is 11.5 Å². The third-order valence-electron chi connectivity index (χ3n) is 10.3. The van der Waals surface area contributed by atoms with Crippen LogP contribution in [-0.4, -0.2) is 83.6 Å². The highest BCUT2D eigenvalue weighted by Crippen LogP contribution is 2.46. The maximum Gasteiger partial charge on any atom is 0.434 e. The molecular formula is C35H39Cl2F3N6O7S2. The Labute approximate surface area is 330 Å². The highest BCUT2D eigenvalue weighted by Gasteiger charge is 2.62. The molecule has 298 valence electrons. The van der Waals surface area contributed by atoms with Gasteiger partial charge in [-0.2, -0.15) is 13.2 Å². The summed E-state index contributed by atoms with van der Waals surface area (Å²) in [6.07, 6.45) is 2.58. The molecule has 7 rings (SSSR count). The van der Waals surface area contributed by atoms with Gasteiger partial charge in [0.15, 0.2) is 5.69 Å². The van der Waals surface area contributed by atoms with E-state index in [4.69, 9.17) is 26.8 Å². The summed E-state index contributed by atoms with van der Waals surface area (Å²) < 4.78 is 79.9. The quantitative estimate of drug-likeness (QED) is 0.270. The van der Waals surface area contributed by atoms with Crippen molar-refractivity contribution in [2.45, 2.75) is 92.9 Å². The van der Waals surface area contributed by atoms with Gasteiger partial charge < -0.3 is 25.4 Å². The molecule has 20 heteroatoms. The lowest BCUT2D eigenvalue weighted by atomic mass is 10.1. The van der Waals surface area contributed by atoms with Gasteiger partial charge in [0.25, 0.3) is 5.91 Å². The van der Waals surface area contributed by atoms with Gasteiger partial charge in [-0.15, -0.1) is 23.7 Å². The van der Waals surface area contributed by atoms with Crippen LogP contribution in [0, 0.1) is 5.92 Å². The fourth-order valence-corrected chi connectivity index (χ4v) is 9.45. The molecule has 0 bridgehead atoms. The van der Waals surface area contributed by atoms with Gasteiger partial charge in [0.05, 0.1) is 30.5 Å². The predicted molar refractivity (Wildman–Crippen MR) is 200 cm³/mol. The number of sulfonamides is 1. The van der Waals surface area contributed by atoms with Gasteiger partial charge in [0.2, 0.25) is 21.8 Å². The number of nitrogens with two attached hydrogens (primary N) is 1. The molecular weight excluding hydrogens is 808 g/mol. The van der Waals surface area contributed by atoms with Gasteiger partial charge in [-0.05, 0) is 50.7 Å². The maximum atomic E-state index is 14.2. The van der Waals surface area contributed by atoms with Crippen LogP contribution in [0.25, 0.3) is 21.6 Å². The zero-order chi connectivity index (χ0) is 38.6. The molecule has 4 aliphatic rings. The number of carbonyl (C=O) groups excluding carboxylic acids is 3. The second kappa shape index (κ2) is 15.7. The second-order valence-electron chi connectivity index (χ2n) is 14.1. The number of amides is 3. The molecule has 2 saturated carbocycles. The number of benzene rings is 1. The first-order chi connectivity index (χ1) is 25.6. The molecule has 55 heavy (non-hydrogen) atoms. The average molecular weight is 848 g/mol. The number of alkyl halides is 3. The third kappa shape index (κ3) is 8.38. The lowest BCUT2D eigenvalue weighted by Crippen LogP contribution is -2.57. The van der Waals surface area contributed by atoms with Crippen LogP contribution in [0.15, 0.2) is 35.7 Å². The molecule has 4 N–H and O–H groups in total. The Balaban J connectivity index is 0.00000514. The number of halogens is 5. The number of carbonyl (C=O) groups is 3. The minimum Gasteiger partial charge on any atom is -0.495 e. The van der Waals surface area contributed by atoms with Crippen molar-refractivity contribution in [1.82, 2.24) is 24.9 Å². The number of thiazole rings is 1. The van der Waals surface area contributed by atoms with Gasteiger partial charge in [-0.1, -0.05) is 36.6 Å². The molecule has 2 aliphatic carbocycles. The lowest BCUT2D eigenvalue weighted by molar-refractivity contribution is -0.141. The Morgan fingerprint density at radius 2 is 1.91 bits per heavy atom. The minimum atomic E-state index is -4.68. The number of fused-ring (bicyclic) bond motifs is 3. The van der Waals surface area contributed by atoms with Crippen LogP contribution in [-0.2, 0) is 30.6 Å². The van der Waals surface area contributed by atoms with E-state index in [1.54, 1.807) is 12.1 Å². The van der Waals surface area contributed by atoms with Crippen LogP contribution >= 0.6 is 35.3 Å². The van der Waals surface area contributed by atoms with Crippen LogP contribution in [0.1, 0.15) is 63.5 Å². The van der Waals surface area contributed by atoms with E-state index in [0.717, 1.165) is 29.6 Å². The average Bonchev–Trinajstić information content (AvgIpc) is 3.99. The summed E-state index contributed by atoms with van der Waals surface area (Å²) >= 11 is 7.37. The lowest BCUT2D eigenvalue weighted by Gasteiger charge is -2.28. The van der Waals surface area contributed by atoms with E-state index >= 15 is 0 Å². The molecule has 3 fully saturated rings. The van der Waals surface area contributed by atoms with Crippen molar-refractivity contribution in [1.29, 1.82) is 0 Å². The fraction of sp³-hybridized carbons (Fsp3) is 0.514. The SMILES string of the molecule is COc1ccc2c(O[C@@H]3C[C@H]4C(=O)N[C@]5(C(=O)NS(=O)(=O)C6CC6)C[C@H]5/C=C\CCCCC[C@H](N)C(=O)N4C3)cc(-c3nc(C(F)(F)F)cs3)nc2c1Cl.Cl. The van der Waals surface area contributed by atoms with Gasteiger partial charge in [-0.3, -0.25) is 19.1 Å². The normalized spacial score (nSPS) is 26.8. The highest BCUT2D eigenvalue weighted by molar-refractivity contribution is 7.91. The van der Waals surface area contributed by atoms with Crippen molar-refractivity contribution in [2.75, 3.05) is 13.7 Å². The monoisotopic (exact) mass is 846 g/mol. The van der Waals surface area contributed by atoms with E-state index in [1.807, 2.05) is 12.2 Å². The molecule has 1 saturated heterocycles. The van der Waals surface area contributed by atoms with Crippen molar-refractivity contribution in [3.8, 4) is 22.2 Å². The fourth-order valence-electron chi connectivity index (χ4n) is 7.02. The second-order valence-corrected chi connectivity index (χ2v) is 17.3. The molecule has 13 nitrogen and oxygen atoms in total. The third-order valence-corrected chi connectivity index (χ3v) is 13.3. The van der Waals surface area contributed by atoms with Crippen LogP contribution in [0.4, 0.5) is 13.2 Å². The number of aromatic nitrogens is 2. The number of hydrogen-bond donors (Lipinski definition) is 3. The summed E-state index contributed by atoms with van der Waals surface area (Å²) in [7, 11) is -2.52. The van der Waals surface area contributed by atoms with Crippen LogP contribution < -0.4 is 25.2 Å². The zero-order valence-electron chi connectivity index (χ0n) is 29.4. The molecule has 3 aromatic rings. The van der Waals surface area contributed by atoms with Crippen LogP contribution in [0.2, 0.25) is 5.02 Å². The standard InChI is InChI=1S/C35H38ClF3N6O7S2.ClH/c1-51-25-12-11-21-26(14-23(41-29(21)28(25)36)31-42-27(17-53-31)35(37,38)39)52-19-13-24-30(46)43-34(33(48)44-54(49,50)20-9-10-20)15-18(34)7-5-3-2-4-6-8-22(40)32(47)45(24)16-19;/h5,7,11-12,14,17-20,22,24H,2-4,6,8-10,13,15-16,40H2,1H3,(H,43,46)(H,44,48);1H/b7-5-;/t18-,19-,22+,24+,34-;/m1./s1. The Kier molecular flexibility index (Phi) is 11.7. The van der Waals surface area contributed by atoms with Gasteiger partial charge >= 0.3 is 6.18 Å². The van der Waals surface area contributed by atoms with E-state index in [2.05, 4.69) is 20.0 Å². The first-order valence-corrected chi connectivity index (χ1v) is 20.4. The molecule has 3 amide bonds. The van der Waals surface area contributed by atoms with Crippen molar-refractivity contribution in [2.24, 2.45) is 11.7 Å². The van der Waals surface area contributed by atoms with E-state index in [1.165, 1.54) is 18.1 Å². The number of rotatable bonds is 7. The first-order valence-electron chi connectivity index (χ1n) is 17.6. The maximum absolute atomic E-state index is 14.2. The van der Waals surface area contributed by atoms with E-state index in [9.17, 15) is 36.0 Å². The van der Waals surface area contributed by atoms with Crippen LogP contribution in [0.3, 0.4) is 0 Å². The molecule has 2 aromatic heterocycles. The van der Waals surface area contributed by atoms with E-state index < -0.39 is 74.5 Å². The summed E-state index contributed by atoms with van der Waals surface area (Å²) in [6, 6.07) is 2.54. The Bertz CT molecular complexity index is 2130. The van der Waals surface area contributed by atoms with Gasteiger partial charge in [0.1, 0.15) is 44.9 Å². The number of allylic oxidation sites excluding steroid dienone is 1. The molecule has 0 radical (unpaired) electrons. The Morgan fingerprint density at radius 3 is 2.60 bits per heavy atom. The number of methoxy groups -OCH3 is 1. The van der Waals surface area contributed by atoms with Crippen molar-refractivity contribution < 1.29 is 45.4 Å². The number of hydrogen-bond acceptors (Lipinski definition) is 11. The molecule has 4 heterocycles. The summed E-state index contributed by atoms with van der Waals surface area (Å²) in [5.74, 6) is -2.06. The smallest absolute Gasteiger partial charge is 0.434 e. The minimum absolute atomic E-state index is 0. The largest absolute Gasteiger partial charge is 0.495 e. The summed E-state index contributed by atoms with van der Waals surface area (Å²) in [4.78, 5) is 51.3. The van der Waals surface area contributed by atoms with Crippen molar-refractivity contribution >= 4 is 74.0 Å². The molecule has 2 aliphatic heterocycles. The predicted octanol–water partition coefficient (Wildman–Crippen LogP) is 5.14. The summed E-state index contributed by atoms with van der Waals surface area (Å²) in [6.45, 7) is -0.0955. The topological polar surface area (TPSA) is 183 Å². The molecule has 0 unspecified atom stereocenters. The zero-order valence-corrected chi connectivity index (χ0v) is 32.6. The highest BCUT2D eigenvalue weighted by atomic mass is 35.5. The number of nitrogens with one attached hydrogen (secondary N) is 2. The first kappa shape index (κ1) is 40.9. The molecule has 1 aromatic carbocycles. The van der Waals surface area contributed by atoms with E-state index in [0.29, 0.717) is 37.5 Å². The number of nitrogens with zero attached hydrogens (tertiary/aromatic N) is 3. The summed E-state index contributed by atoms with van der Waals surface area (Å²) in [5.41, 5.74) is 3.95.